The van der Waals surface area contributed by atoms with Gasteiger partial charge in [0.1, 0.15) is 5.75 Å². The number of guanidine groups is 1. The first kappa shape index (κ1) is 21.3. The zero-order chi connectivity index (χ0) is 18.5. The Morgan fingerprint density at radius 1 is 1.24 bits per heavy atom. The molecule has 142 valence electrons. The average molecular weight is 351 g/mol. The maximum absolute atomic E-state index is 5.93. The molecule has 1 rings (SSSR count). The van der Waals surface area contributed by atoms with Gasteiger partial charge in [0.05, 0.1) is 6.61 Å². The van der Waals surface area contributed by atoms with Gasteiger partial charge in [-0.25, -0.2) is 0 Å². The molecule has 1 aromatic carbocycles. The highest BCUT2D eigenvalue weighted by Crippen LogP contribution is 2.20. The smallest absolute Gasteiger partial charge is 0.191 e. The minimum atomic E-state index is 0.653. The van der Waals surface area contributed by atoms with Crippen molar-refractivity contribution in [3.63, 3.8) is 0 Å². The molecule has 0 fully saturated rings. The second-order valence-electron chi connectivity index (χ2n) is 6.05. The highest BCUT2D eigenvalue weighted by molar-refractivity contribution is 5.79. The van der Waals surface area contributed by atoms with E-state index in [-0.39, 0.29) is 0 Å². The number of aryl methyl sites for hydroxylation is 1. The first-order valence-electron chi connectivity index (χ1n) is 8.95. The first-order chi connectivity index (χ1) is 12.1. The number of hydrogen-bond acceptors (Lipinski definition) is 4. The number of rotatable bonds is 11. The predicted octanol–water partition coefficient (Wildman–Crippen LogP) is 2.03. The third kappa shape index (κ3) is 8.74. The van der Waals surface area contributed by atoms with Crippen LogP contribution in [-0.2, 0) is 11.3 Å². The third-order valence-electron chi connectivity index (χ3n) is 3.97. The monoisotopic (exact) mass is 350 g/mol. The van der Waals surface area contributed by atoms with Crippen LogP contribution < -0.4 is 15.4 Å². The van der Waals surface area contributed by atoms with Gasteiger partial charge in [0, 0.05) is 52.4 Å². The number of aliphatic imine (C=N–C) groups is 1. The summed E-state index contributed by atoms with van der Waals surface area (Å²) in [5.41, 5.74) is 2.31. The Kier molecular flexibility index (Phi) is 10.7. The molecule has 0 saturated carbocycles. The fourth-order valence-electron chi connectivity index (χ4n) is 2.25. The van der Waals surface area contributed by atoms with Crippen LogP contribution in [0.15, 0.2) is 23.2 Å². The molecular formula is C19H34N4O2. The normalized spacial score (nSPS) is 11.7. The molecule has 6 heteroatoms. The van der Waals surface area contributed by atoms with Crippen LogP contribution in [-0.4, -0.2) is 64.9 Å². The lowest BCUT2D eigenvalue weighted by Crippen LogP contribution is -2.40. The van der Waals surface area contributed by atoms with Crippen LogP contribution in [0.3, 0.4) is 0 Å². The van der Waals surface area contributed by atoms with Gasteiger partial charge >= 0.3 is 0 Å². The highest BCUT2D eigenvalue weighted by atomic mass is 16.5. The summed E-state index contributed by atoms with van der Waals surface area (Å²) < 4.78 is 11.0. The molecular weight excluding hydrogens is 316 g/mol. The maximum atomic E-state index is 5.93. The Bertz CT molecular complexity index is 520. The van der Waals surface area contributed by atoms with Gasteiger partial charge in [0.15, 0.2) is 5.96 Å². The number of methoxy groups -OCH3 is 1. The molecule has 6 nitrogen and oxygen atoms in total. The van der Waals surface area contributed by atoms with Crippen molar-refractivity contribution < 1.29 is 9.47 Å². The Hall–Kier alpha value is -1.79. The van der Waals surface area contributed by atoms with Gasteiger partial charge in [0.25, 0.3) is 0 Å². The largest absolute Gasteiger partial charge is 0.493 e. The lowest BCUT2D eigenvalue weighted by molar-refractivity contribution is 0.171. The first-order valence-corrected chi connectivity index (χ1v) is 8.95. The van der Waals surface area contributed by atoms with E-state index < -0.39 is 0 Å². The molecule has 0 aliphatic carbocycles. The van der Waals surface area contributed by atoms with E-state index in [0.717, 1.165) is 43.3 Å². The number of likely N-dealkylation sites (N-methyl/N-ethyl adjacent to an activating group) is 1. The maximum Gasteiger partial charge on any atom is 0.191 e. The topological polar surface area (TPSA) is 58.1 Å². The van der Waals surface area contributed by atoms with E-state index in [0.29, 0.717) is 19.8 Å². The average Bonchev–Trinajstić information content (AvgIpc) is 2.62. The van der Waals surface area contributed by atoms with Gasteiger partial charge in [-0.1, -0.05) is 19.1 Å². The van der Waals surface area contributed by atoms with E-state index in [1.165, 1.54) is 5.56 Å². The molecule has 0 unspecified atom stereocenters. The van der Waals surface area contributed by atoms with Crippen molar-refractivity contribution in [2.75, 3.05) is 54.1 Å². The molecule has 0 atom stereocenters. The van der Waals surface area contributed by atoms with Crippen LogP contribution in [0, 0.1) is 6.92 Å². The Morgan fingerprint density at radius 3 is 2.72 bits per heavy atom. The molecule has 0 aliphatic rings. The molecule has 0 amide bonds. The zero-order valence-corrected chi connectivity index (χ0v) is 16.4. The zero-order valence-electron chi connectivity index (χ0n) is 16.4. The van der Waals surface area contributed by atoms with Crippen molar-refractivity contribution in [1.29, 1.82) is 0 Å². The Morgan fingerprint density at radius 2 is 2.04 bits per heavy atom. The predicted molar refractivity (Wildman–Crippen MR) is 105 cm³/mol. The van der Waals surface area contributed by atoms with Crippen LogP contribution in [0.4, 0.5) is 0 Å². The third-order valence-corrected chi connectivity index (χ3v) is 3.97. The number of ether oxygens (including phenoxy) is 2. The van der Waals surface area contributed by atoms with Gasteiger partial charge < -0.3 is 25.0 Å². The van der Waals surface area contributed by atoms with Gasteiger partial charge in [-0.15, -0.1) is 0 Å². The number of hydrogen-bond donors (Lipinski definition) is 2. The SMILES string of the molecule is CCN(C)CCNC(=NC)NCc1ccc(C)cc1OCCCOC. The summed E-state index contributed by atoms with van der Waals surface area (Å²) in [7, 11) is 5.60. The summed E-state index contributed by atoms with van der Waals surface area (Å²) in [6.45, 7) is 9.14. The molecule has 0 heterocycles. The summed E-state index contributed by atoms with van der Waals surface area (Å²) in [5, 5.41) is 6.69. The molecule has 0 radical (unpaired) electrons. The lowest BCUT2D eigenvalue weighted by Gasteiger charge is -2.17. The van der Waals surface area contributed by atoms with E-state index in [9.17, 15) is 0 Å². The van der Waals surface area contributed by atoms with Crippen LogP contribution in [0.1, 0.15) is 24.5 Å². The van der Waals surface area contributed by atoms with Gasteiger partial charge in [-0.3, -0.25) is 4.99 Å². The summed E-state index contributed by atoms with van der Waals surface area (Å²) >= 11 is 0. The molecule has 25 heavy (non-hydrogen) atoms. The highest BCUT2D eigenvalue weighted by Gasteiger charge is 2.06. The lowest BCUT2D eigenvalue weighted by atomic mass is 10.1. The molecule has 0 bridgehead atoms. The summed E-state index contributed by atoms with van der Waals surface area (Å²) in [6, 6.07) is 6.29. The molecule has 2 N–H and O–H groups in total. The Balaban J connectivity index is 2.53. The van der Waals surface area contributed by atoms with E-state index in [1.807, 2.05) is 0 Å². The van der Waals surface area contributed by atoms with E-state index >= 15 is 0 Å². The fraction of sp³-hybridized carbons (Fsp3) is 0.632. The molecule has 0 aliphatic heterocycles. The van der Waals surface area contributed by atoms with Crippen molar-refractivity contribution >= 4 is 5.96 Å². The van der Waals surface area contributed by atoms with Crippen molar-refractivity contribution in [2.45, 2.75) is 26.8 Å². The fourth-order valence-corrected chi connectivity index (χ4v) is 2.25. The van der Waals surface area contributed by atoms with Gasteiger partial charge in [-0.05, 0) is 32.1 Å². The quantitative estimate of drug-likeness (QED) is 0.363. The molecule has 1 aromatic rings. The van der Waals surface area contributed by atoms with Crippen molar-refractivity contribution in [1.82, 2.24) is 15.5 Å². The number of benzene rings is 1. The summed E-state index contributed by atoms with van der Waals surface area (Å²) in [5.74, 6) is 1.72. The van der Waals surface area contributed by atoms with E-state index in [1.54, 1.807) is 14.2 Å². The van der Waals surface area contributed by atoms with Crippen LogP contribution in [0.5, 0.6) is 5.75 Å². The summed E-state index contributed by atoms with van der Waals surface area (Å²) in [4.78, 5) is 6.53. The van der Waals surface area contributed by atoms with Crippen molar-refractivity contribution in [2.24, 2.45) is 4.99 Å². The molecule has 0 saturated heterocycles. The minimum Gasteiger partial charge on any atom is -0.493 e. The minimum absolute atomic E-state index is 0.653. The van der Waals surface area contributed by atoms with Gasteiger partial charge in [-0.2, -0.15) is 0 Å². The number of nitrogens with zero attached hydrogens (tertiary/aromatic N) is 2. The van der Waals surface area contributed by atoms with Crippen molar-refractivity contribution in [3.8, 4) is 5.75 Å². The van der Waals surface area contributed by atoms with Crippen molar-refractivity contribution in [3.05, 3.63) is 29.3 Å². The summed E-state index contributed by atoms with van der Waals surface area (Å²) in [6.07, 6.45) is 0.880. The van der Waals surface area contributed by atoms with Gasteiger partial charge in [0.2, 0.25) is 0 Å². The van der Waals surface area contributed by atoms with Crippen LogP contribution in [0.2, 0.25) is 0 Å². The molecule has 0 aromatic heterocycles. The van der Waals surface area contributed by atoms with E-state index in [2.05, 4.69) is 59.6 Å². The standard InChI is InChI=1S/C19H34N4O2/c1-6-23(4)11-10-21-19(20-3)22-15-17-9-8-16(2)14-18(17)25-13-7-12-24-5/h8-9,14H,6-7,10-13,15H2,1-5H3,(H2,20,21,22). The second kappa shape index (κ2) is 12.6. The van der Waals surface area contributed by atoms with E-state index in [4.69, 9.17) is 9.47 Å². The molecule has 0 spiro atoms. The Labute approximate surface area is 152 Å². The number of nitrogens with one attached hydrogen (secondary N) is 2. The van der Waals surface area contributed by atoms with Crippen LogP contribution in [0.25, 0.3) is 0 Å². The van der Waals surface area contributed by atoms with Crippen LogP contribution >= 0.6 is 0 Å². The second-order valence-corrected chi connectivity index (χ2v) is 6.05.